The summed E-state index contributed by atoms with van der Waals surface area (Å²) in [6, 6.07) is 15.9. The first-order valence-corrected chi connectivity index (χ1v) is 7.39. The van der Waals surface area contributed by atoms with E-state index in [-0.39, 0.29) is 23.1 Å². The summed E-state index contributed by atoms with van der Waals surface area (Å²) < 4.78 is 0. The molecule has 1 aliphatic rings. The average Bonchev–Trinajstić information content (AvgIpc) is 2.74. The number of rotatable bonds is 3. The normalized spacial score (nSPS) is 14.9. The van der Waals surface area contributed by atoms with Crippen molar-refractivity contribution in [3.63, 3.8) is 0 Å². The molecular weight excluding hydrogens is 321 g/mol. The highest BCUT2D eigenvalue weighted by atomic mass is 35.5. The molecule has 3 nitrogen and oxygen atoms in total. The summed E-state index contributed by atoms with van der Waals surface area (Å²) in [7, 11) is 0. The van der Waals surface area contributed by atoms with E-state index in [9.17, 15) is 9.59 Å². The van der Waals surface area contributed by atoms with Gasteiger partial charge < -0.3 is 0 Å². The van der Waals surface area contributed by atoms with Gasteiger partial charge in [0.1, 0.15) is 5.03 Å². The third kappa shape index (κ3) is 2.65. The molecule has 0 spiro atoms. The molecule has 1 heterocycles. The number of nitrogens with zero attached hydrogens (tertiary/aromatic N) is 1. The maximum atomic E-state index is 12.5. The molecule has 0 fully saturated rings. The molecule has 0 unspecified atom stereocenters. The second kappa shape index (κ2) is 5.95. The van der Waals surface area contributed by atoms with Gasteiger partial charge in [-0.25, -0.2) is 0 Å². The van der Waals surface area contributed by atoms with Gasteiger partial charge in [0.15, 0.2) is 0 Å². The molecule has 0 saturated carbocycles. The highest BCUT2D eigenvalue weighted by Crippen LogP contribution is 2.32. The molecule has 0 bridgehead atoms. The fraction of sp³-hybridized carbons (Fsp3) is 0.0588. The molecule has 1 aliphatic heterocycles. The van der Waals surface area contributed by atoms with Crippen molar-refractivity contribution < 1.29 is 9.59 Å². The number of carbonyl (C=O) groups excluding carboxylic acids is 2. The van der Waals surface area contributed by atoms with E-state index in [1.807, 2.05) is 6.07 Å². The molecule has 3 rings (SSSR count). The molecule has 22 heavy (non-hydrogen) atoms. The summed E-state index contributed by atoms with van der Waals surface area (Å²) in [4.78, 5) is 25.9. The van der Waals surface area contributed by atoms with Crippen molar-refractivity contribution in [2.24, 2.45) is 0 Å². The lowest BCUT2D eigenvalue weighted by Crippen LogP contribution is -2.30. The van der Waals surface area contributed by atoms with Gasteiger partial charge in [0.25, 0.3) is 11.8 Å². The van der Waals surface area contributed by atoms with Crippen LogP contribution in [0.2, 0.25) is 5.02 Å². The Kier molecular flexibility index (Phi) is 4.01. The van der Waals surface area contributed by atoms with Crippen molar-refractivity contribution in [3.8, 4) is 0 Å². The first-order valence-electron chi connectivity index (χ1n) is 6.64. The zero-order chi connectivity index (χ0) is 15.7. The molecule has 0 N–H and O–H groups in total. The van der Waals surface area contributed by atoms with Crippen LogP contribution >= 0.6 is 23.2 Å². The zero-order valence-corrected chi connectivity index (χ0v) is 12.9. The van der Waals surface area contributed by atoms with Gasteiger partial charge in [-0.1, -0.05) is 65.7 Å². The van der Waals surface area contributed by atoms with E-state index in [0.717, 1.165) is 10.5 Å². The molecule has 2 aromatic carbocycles. The van der Waals surface area contributed by atoms with Crippen molar-refractivity contribution in [2.45, 2.75) is 6.54 Å². The molecule has 0 radical (unpaired) electrons. The van der Waals surface area contributed by atoms with Gasteiger partial charge >= 0.3 is 0 Å². The molecular formula is C17H11Cl2NO2. The number of benzene rings is 2. The second-order valence-corrected chi connectivity index (χ2v) is 5.69. The van der Waals surface area contributed by atoms with E-state index in [2.05, 4.69) is 0 Å². The van der Waals surface area contributed by atoms with Crippen molar-refractivity contribution in [1.29, 1.82) is 0 Å². The van der Waals surface area contributed by atoms with E-state index < -0.39 is 5.91 Å². The van der Waals surface area contributed by atoms with Gasteiger partial charge in [0, 0.05) is 5.02 Å². The number of imide groups is 1. The Morgan fingerprint density at radius 1 is 0.818 bits per heavy atom. The predicted octanol–water partition coefficient (Wildman–Crippen LogP) is 3.86. The summed E-state index contributed by atoms with van der Waals surface area (Å²) in [5, 5.41) is 0.564. The standard InChI is InChI=1S/C17H11Cl2NO2/c18-13-8-6-11(7-9-13)10-20-16(21)14(15(19)17(20)22)12-4-2-1-3-5-12/h1-9H,10H2. The Morgan fingerprint density at radius 3 is 2.09 bits per heavy atom. The number of hydrogen-bond acceptors (Lipinski definition) is 2. The SMILES string of the molecule is O=C1C(Cl)=C(c2ccccc2)C(=O)N1Cc1ccc(Cl)cc1. The number of halogens is 2. The lowest BCUT2D eigenvalue weighted by Gasteiger charge is -2.15. The van der Waals surface area contributed by atoms with Crippen LogP contribution in [0.3, 0.4) is 0 Å². The lowest BCUT2D eigenvalue weighted by atomic mass is 10.1. The average molecular weight is 332 g/mol. The van der Waals surface area contributed by atoms with Crippen molar-refractivity contribution >= 4 is 40.6 Å². The fourth-order valence-electron chi connectivity index (χ4n) is 2.32. The summed E-state index contributed by atoms with van der Waals surface area (Å²) in [5.41, 5.74) is 1.70. The van der Waals surface area contributed by atoms with Crippen LogP contribution in [-0.4, -0.2) is 16.7 Å². The van der Waals surface area contributed by atoms with Crippen LogP contribution in [0.25, 0.3) is 5.57 Å². The number of carbonyl (C=O) groups is 2. The molecule has 0 aromatic heterocycles. The first kappa shape index (κ1) is 14.8. The zero-order valence-electron chi connectivity index (χ0n) is 11.4. The Morgan fingerprint density at radius 2 is 1.45 bits per heavy atom. The largest absolute Gasteiger partial charge is 0.273 e. The van der Waals surface area contributed by atoms with Gasteiger partial charge in [0.05, 0.1) is 12.1 Å². The van der Waals surface area contributed by atoms with Crippen LogP contribution in [-0.2, 0) is 16.1 Å². The van der Waals surface area contributed by atoms with E-state index in [1.54, 1.807) is 48.5 Å². The highest BCUT2D eigenvalue weighted by molar-refractivity contribution is 6.55. The summed E-state index contributed by atoms with van der Waals surface area (Å²) >= 11 is 11.9. The Bertz CT molecular complexity index is 767. The van der Waals surface area contributed by atoms with Gasteiger partial charge in [0.2, 0.25) is 0 Å². The fourth-order valence-corrected chi connectivity index (χ4v) is 2.74. The molecule has 0 atom stereocenters. The van der Waals surface area contributed by atoms with Gasteiger partial charge in [-0.05, 0) is 23.3 Å². The number of amides is 2. The van der Waals surface area contributed by atoms with Crippen molar-refractivity contribution in [2.75, 3.05) is 0 Å². The minimum absolute atomic E-state index is 0.0369. The van der Waals surface area contributed by atoms with Gasteiger partial charge in [-0.15, -0.1) is 0 Å². The van der Waals surface area contributed by atoms with Gasteiger partial charge in [-0.3, -0.25) is 14.5 Å². The lowest BCUT2D eigenvalue weighted by molar-refractivity contribution is -0.137. The quantitative estimate of drug-likeness (QED) is 0.801. The van der Waals surface area contributed by atoms with Crippen molar-refractivity contribution in [3.05, 3.63) is 75.8 Å². The Hall–Kier alpha value is -2.10. The maximum Gasteiger partial charge on any atom is 0.273 e. The monoisotopic (exact) mass is 331 g/mol. The molecule has 0 saturated heterocycles. The molecule has 5 heteroatoms. The summed E-state index contributed by atoms with van der Waals surface area (Å²) in [6.07, 6.45) is 0. The van der Waals surface area contributed by atoms with Crippen LogP contribution in [0.15, 0.2) is 59.6 Å². The van der Waals surface area contributed by atoms with Crippen LogP contribution < -0.4 is 0 Å². The first-order chi connectivity index (χ1) is 10.6. The summed E-state index contributed by atoms with van der Waals surface area (Å²) in [6.45, 7) is 0.168. The smallest absolute Gasteiger partial charge is 0.269 e. The molecule has 110 valence electrons. The van der Waals surface area contributed by atoms with E-state index >= 15 is 0 Å². The second-order valence-electron chi connectivity index (χ2n) is 4.88. The Balaban J connectivity index is 1.89. The van der Waals surface area contributed by atoms with E-state index in [0.29, 0.717) is 10.6 Å². The third-order valence-electron chi connectivity index (χ3n) is 3.43. The molecule has 2 amide bonds. The highest BCUT2D eigenvalue weighted by Gasteiger charge is 2.37. The van der Waals surface area contributed by atoms with Crippen LogP contribution in [0.4, 0.5) is 0 Å². The molecule has 2 aromatic rings. The predicted molar refractivity (Wildman–Crippen MR) is 86.2 cm³/mol. The minimum atomic E-state index is -0.472. The topological polar surface area (TPSA) is 37.4 Å². The third-order valence-corrected chi connectivity index (χ3v) is 4.03. The van der Waals surface area contributed by atoms with Crippen LogP contribution in [0, 0.1) is 0 Å². The van der Waals surface area contributed by atoms with E-state index in [1.165, 1.54) is 0 Å². The minimum Gasteiger partial charge on any atom is -0.269 e. The molecule has 0 aliphatic carbocycles. The van der Waals surface area contributed by atoms with E-state index in [4.69, 9.17) is 23.2 Å². The Labute approximate surface area is 137 Å². The van der Waals surface area contributed by atoms with Crippen LogP contribution in [0.1, 0.15) is 11.1 Å². The maximum absolute atomic E-state index is 12.5. The summed E-state index contributed by atoms with van der Waals surface area (Å²) in [5.74, 6) is -0.850. The van der Waals surface area contributed by atoms with Gasteiger partial charge in [-0.2, -0.15) is 0 Å². The van der Waals surface area contributed by atoms with Crippen molar-refractivity contribution in [1.82, 2.24) is 4.90 Å². The van der Waals surface area contributed by atoms with Crippen LogP contribution in [0.5, 0.6) is 0 Å². The number of hydrogen-bond donors (Lipinski definition) is 0.